The van der Waals surface area contributed by atoms with Crippen molar-refractivity contribution < 1.29 is 0 Å². The second-order valence-corrected chi connectivity index (χ2v) is 5.28. The van der Waals surface area contributed by atoms with Crippen molar-refractivity contribution in [3.63, 3.8) is 0 Å². The Kier molecular flexibility index (Phi) is 3.56. The van der Waals surface area contributed by atoms with Crippen molar-refractivity contribution in [2.24, 2.45) is 5.73 Å². The van der Waals surface area contributed by atoms with Gasteiger partial charge in [0.15, 0.2) is 0 Å². The summed E-state index contributed by atoms with van der Waals surface area (Å²) < 4.78 is 0. The molecule has 1 nitrogen and oxygen atoms in total. The Morgan fingerprint density at radius 2 is 2.00 bits per heavy atom. The van der Waals surface area contributed by atoms with E-state index in [0.717, 1.165) is 18.0 Å². The molecule has 1 aromatic carbocycles. The number of rotatable bonds is 3. The van der Waals surface area contributed by atoms with Crippen LogP contribution in [0.25, 0.3) is 0 Å². The third-order valence-corrected chi connectivity index (χ3v) is 4.21. The summed E-state index contributed by atoms with van der Waals surface area (Å²) in [5.41, 5.74) is 9.05. The van der Waals surface area contributed by atoms with E-state index in [2.05, 4.69) is 19.1 Å². The lowest BCUT2D eigenvalue weighted by Crippen LogP contribution is -2.33. The van der Waals surface area contributed by atoms with Gasteiger partial charge < -0.3 is 5.73 Å². The topological polar surface area (TPSA) is 26.0 Å². The van der Waals surface area contributed by atoms with E-state index >= 15 is 0 Å². The first-order valence-corrected chi connectivity index (χ1v) is 6.58. The Balaban J connectivity index is 2.47. The van der Waals surface area contributed by atoms with E-state index in [1.54, 1.807) is 0 Å². The fourth-order valence-corrected chi connectivity index (χ4v) is 3.16. The molecule has 0 saturated heterocycles. The van der Waals surface area contributed by atoms with Crippen LogP contribution in [0.1, 0.15) is 43.7 Å². The zero-order valence-electron chi connectivity index (χ0n) is 9.93. The van der Waals surface area contributed by atoms with E-state index in [0.29, 0.717) is 0 Å². The summed E-state index contributed by atoms with van der Waals surface area (Å²) in [5, 5.41) is 0.840. The smallest absolute Gasteiger partial charge is 0.0409 e. The van der Waals surface area contributed by atoms with Gasteiger partial charge >= 0.3 is 0 Å². The molecule has 2 heteroatoms. The van der Waals surface area contributed by atoms with Gasteiger partial charge in [-0.2, -0.15) is 0 Å². The van der Waals surface area contributed by atoms with Crippen molar-refractivity contribution in [1.29, 1.82) is 0 Å². The molecule has 1 aromatic rings. The van der Waals surface area contributed by atoms with Crippen LogP contribution in [0.2, 0.25) is 5.02 Å². The molecule has 2 rings (SSSR count). The Labute approximate surface area is 103 Å². The lowest BCUT2D eigenvalue weighted by atomic mass is 9.76. The van der Waals surface area contributed by atoms with Gasteiger partial charge in [-0.05, 0) is 42.5 Å². The van der Waals surface area contributed by atoms with Crippen LogP contribution in [0.4, 0.5) is 0 Å². The molecule has 0 atom stereocenters. The van der Waals surface area contributed by atoms with Gasteiger partial charge in [0.05, 0.1) is 0 Å². The first-order chi connectivity index (χ1) is 7.72. The minimum absolute atomic E-state index is 0.205. The molecule has 0 radical (unpaired) electrons. The molecule has 0 aliphatic heterocycles. The van der Waals surface area contributed by atoms with Crippen molar-refractivity contribution in [3.8, 4) is 0 Å². The molecule has 0 heterocycles. The van der Waals surface area contributed by atoms with Crippen LogP contribution in [0.15, 0.2) is 18.2 Å². The summed E-state index contributed by atoms with van der Waals surface area (Å²) in [6, 6.07) is 6.29. The minimum atomic E-state index is 0.205. The Morgan fingerprint density at radius 3 is 2.56 bits per heavy atom. The van der Waals surface area contributed by atoms with Crippen LogP contribution in [0.3, 0.4) is 0 Å². The molecule has 1 fully saturated rings. The standard InChI is InChI=1S/C14H20ClN/c1-2-11-5-6-12(15)9-13(11)14(10-16)7-3-4-8-14/h5-6,9H,2-4,7-8,10,16H2,1H3. The van der Waals surface area contributed by atoms with E-state index < -0.39 is 0 Å². The monoisotopic (exact) mass is 237 g/mol. The average molecular weight is 238 g/mol. The highest BCUT2D eigenvalue weighted by Gasteiger charge is 2.35. The molecule has 1 aliphatic carbocycles. The normalized spacial score (nSPS) is 18.9. The highest BCUT2D eigenvalue weighted by Crippen LogP contribution is 2.42. The lowest BCUT2D eigenvalue weighted by Gasteiger charge is -2.30. The maximum absolute atomic E-state index is 6.13. The van der Waals surface area contributed by atoms with Crippen LogP contribution >= 0.6 is 11.6 Å². The van der Waals surface area contributed by atoms with Gasteiger partial charge in [-0.3, -0.25) is 0 Å². The fourth-order valence-electron chi connectivity index (χ4n) is 2.99. The molecule has 0 bridgehead atoms. The molecule has 16 heavy (non-hydrogen) atoms. The van der Waals surface area contributed by atoms with E-state index in [1.165, 1.54) is 36.8 Å². The number of benzene rings is 1. The maximum Gasteiger partial charge on any atom is 0.0409 e. The molecule has 0 aromatic heterocycles. The third kappa shape index (κ3) is 1.99. The van der Waals surface area contributed by atoms with Crippen LogP contribution < -0.4 is 5.73 Å². The summed E-state index contributed by atoms with van der Waals surface area (Å²) >= 11 is 6.13. The quantitative estimate of drug-likeness (QED) is 0.853. The SMILES string of the molecule is CCc1ccc(Cl)cc1C1(CN)CCCC1. The minimum Gasteiger partial charge on any atom is -0.330 e. The van der Waals surface area contributed by atoms with Crippen LogP contribution in [0, 0.1) is 0 Å². The van der Waals surface area contributed by atoms with E-state index in [9.17, 15) is 0 Å². The van der Waals surface area contributed by atoms with E-state index in [1.807, 2.05) is 6.07 Å². The maximum atomic E-state index is 6.13. The molecule has 0 spiro atoms. The summed E-state index contributed by atoms with van der Waals surface area (Å²) in [5.74, 6) is 0. The highest BCUT2D eigenvalue weighted by molar-refractivity contribution is 6.30. The van der Waals surface area contributed by atoms with Gasteiger partial charge in [-0.15, -0.1) is 0 Å². The second-order valence-electron chi connectivity index (χ2n) is 4.85. The largest absolute Gasteiger partial charge is 0.330 e. The van der Waals surface area contributed by atoms with Crippen LogP contribution in [0.5, 0.6) is 0 Å². The zero-order valence-corrected chi connectivity index (χ0v) is 10.7. The Morgan fingerprint density at radius 1 is 1.31 bits per heavy atom. The summed E-state index contributed by atoms with van der Waals surface area (Å²) in [4.78, 5) is 0. The third-order valence-electron chi connectivity index (χ3n) is 3.98. The number of halogens is 1. The summed E-state index contributed by atoms with van der Waals surface area (Å²) in [6.45, 7) is 2.95. The van der Waals surface area contributed by atoms with Crippen molar-refractivity contribution in [2.45, 2.75) is 44.4 Å². The zero-order chi connectivity index (χ0) is 11.6. The van der Waals surface area contributed by atoms with Gasteiger partial charge in [0.1, 0.15) is 0 Å². The number of hydrogen-bond donors (Lipinski definition) is 1. The van der Waals surface area contributed by atoms with Crippen molar-refractivity contribution in [1.82, 2.24) is 0 Å². The Hall–Kier alpha value is -0.530. The first kappa shape index (κ1) is 11.9. The molecular formula is C14H20ClN. The summed E-state index contributed by atoms with van der Waals surface area (Å²) in [6.07, 6.45) is 6.10. The van der Waals surface area contributed by atoms with E-state index in [4.69, 9.17) is 17.3 Å². The molecule has 0 amide bonds. The predicted molar refractivity (Wildman–Crippen MR) is 70.0 cm³/mol. The van der Waals surface area contributed by atoms with Gasteiger partial charge in [-0.25, -0.2) is 0 Å². The number of nitrogens with two attached hydrogens (primary N) is 1. The average Bonchev–Trinajstić information content (AvgIpc) is 2.78. The Bertz CT molecular complexity index is 367. The van der Waals surface area contributed by atoms with Gasteiger partial charge in [0, 0.05) is 17.0 Å². The second kappa shape index (κ2) is 4.77. The van der Waals surface area contributed by atoms with Crippen molar-refractivity contribution >= 4 is 11.6 Å². The van der Waals surface area contributed by atoms with Crippen LogP contribution in [-0.2, 0) is 11.8 Å². The molecule has 0 unspecified atom stereocenters. The first-order valence-electron chi connectivity index (χ1n) is 6.21. The summed E-state index contributed by atoms with van der Waals surface area (Å²) in [7, 11) is 0. The molecule has 1 saturated carbocycles. The number of hydrogen-bond acceptors (Lipinski definition) is 1. The van der Waals surface area contributed by atoms with Gasteiger partial charge in [0.2, 0.25) is 0 Å². The van der Waals surface area contributed by atoms with Crippen LogP contribution in [-0.4, -0.2) is 6.54 Å². The lowest BCUT2D eigenvalue weighted by molar-refractivity contribution is 0.449. The van der Waals surface area contributed by atoms with Gasteiger partial charge in [0.25, 0.3) is 0 Å². The molecule has 2 N–H and O–H groups in total. The van der Waals surface area contributed by atoms with E-state index in [-0.39, 0.29) is 5.41 Å². The predicted octanol–water partition coefficient (Wildman–Crippen LogP) is 3.67. The van der Waals surface area contributed by atoms with Crippen molar-refractivity contribution in [2.75, 3.05) is 6.54 Å². The highest BCUT2D eigenvalue weighted by atomic mass is 35.5. The fraction of sp³-hybridized carbons (Fsp3) is 0.571. The van der Waals surface area contributed by atoms with Crippen molar-refractivity contribution in [3.05, 3.63) is 34.3 Å². The van der Waals surface area contributed by atoms with Gasteiger partial charge in [-0.1, -0.05) is 37.4 Å². The number of aryl methyl sites for hydroxylation is 1. The molecule has 1 aliphatic rings. The molecule has 88 valence electrons. The molecular weight excluding hydrogens is 218 g/mol.